The Balaban J connectivity index is 2.16. The zero-order valence-corrected chi connectivity index (χ0v) is 13.9. The third-order valence-electron chi connectivity index (χ3n) is 3.50. The lowest BCUT2D eigenvalue weighted by molar-refractivity contribution is 0.0409. The quantitative estimate of drug-likeness (QED) is 0.640. The van der Waals surface area contributed by atoms with Crippen LogP contribution in [-0.4, -0.2) is 31.0 Å². The summed E-state index contributed by atoms with van der Waals surface area (Å²) in [6, 6.07) is 8.38. The van der Waals surface area contributed by atoms with Crippen molar-refractivity contribution in [3.63, 3.8) is 0 Å². The molecule has 0 saturated heterocycles. The van der Waals surface area contributed by atoms with Gasteiger partial charge in [0.1, 0.15) is 0 Å². The smallest absolute Gasteiger partial charge is 0.0945 e. The van der Waals surface area contributed by atoms with Crippen molar-refractivity contribution in [2.75, 3.05) is 25.1 Å². The van der Waals surface area contributed by atoms with Gasteiger partial charge in [-0.2, -0.15) is 0 Å². The van der Waals surface area contributed by atoms with Crippen LogP contribution in [0.4, 0.5) is 5.69 Å². The number of rotatable bonds is 10. The molecule has 3 nitrogen and oxygen atoms in total. The highest BCUT2D eigenvalue weighted by Gasteiger charge is 2.05. The molecule has 1 unspecified atom stereocenters. The first-order valence-electron chi connectivity index (χ1n) is 8.08. The number of ether oxygens (including phenoxy) is 1. The summed E-state index contributed by atoms with van der Waals surface area (Å²) in [5.41, 5.74) is 2.37. The largest absolute Gasteiger partial charge is 0.389 e. The Morgan fingerprint density at radius 2 is 1.76 bits per heavy atom. The Morgan fingerprint density at radius 3 is 2.33 bits per heavy atom. The first kappa shape index (κ1) is 18.0. The number of aliphatic hydroxyl groups excluding tert-OH is 1. The Hall–Kier alpha value is -1.06. The first-order chi connectivity index (χ1) is 9.99. The molecule has 0 saturated carbocycles. The molecule has 120 valence electrons. The summed E-state index contributed by atoms with van der Waals surface area (Å²) in [4.78, 5) is 0. The van der Waals surface area contributed by atoms with Crippen LogP contribution in [-0.2, 0) is 4.74 Å². The molecule has 2 N–H and O–H groups in total. The van der Waals surface area contributed by atoms with Gasteiger partial charge in [0.2, 0.25) is 0 Å². The SMILES string of the molecule is CC(C)CCCOCC(O)CNc1ccc(C(C)C)cc1. The van der Waals surface area contributed by atoms with Gasteiger partial charge in [-0.3, -0.25) is 0 Å². The van der Waals surface area contributed by atoms with Crippen LogP contribution in [0, 0.1) is 5.92 Å². The molecular weight excluding hydrogens is 262 g/mol. The fourth-order valence-corrected chi connectivity index (χ4v) is 2.09. The standard InChI is InChI=1S/C18H31NO2/c1-14(2)6-5-11-21-13-18(20)12-19-17-9-7-16(8-10-17)15(3)4/h7-10,14-15,18-20H,5-6,11-13H2,1-4H3. The van der Waals surface area contributed by atoms with Gasteiger partial charge in [0.05, 0.1) is 12.7 Å². The Kier molecular flexibility index (Phi) is 8.40. The van der Waals surface area contributed by atoms with E-state index < -0.39 is 6.10 Å². The maximum atomic E-state index is 9.87. The van der Waals surface area contributed by atoms with Crippen LogP contribution in [0.3, 0.4) is 0 Å². The molecule has 1 atom stereocenters. The summed E-state index contributed by atoms with van der Waals surface area (Å²) in [5, 5.41) is 13.1. The van der Waals surface area contributed by atoms with Crippen LogP contribution in [0.2, 0.25) is 0 Å². The zero-order chi connectivity index (χ0) is 15.7. The summed E-state index contributed by atoms with van der Waals surface area (Å²) >= 11 is 0. The highest BCUT2D eigenvalue weighted by Crippen LogP contribution is 2.17. The van der Waals surface area contributed by atoms with Gasteiger partial charge in [0.25, 0.3) is 0 Å². The van der Waals surface area contributed by atoms with E-state index in [1.807, 2.05) is 0 Å². The van der Waals surface area contributed by atoms with Gasteiger partial charge in [-0.05, 0) is 42.4 Å². The van der Waals surface area contributed by atoms with Crippen molar-refractivity contribution in [3.05, 3.63) is 29.8 Å². The maximum absolute atomic E-state index is 9.87. The highest BCUT2D eigenvalue weighted by molar-refractivity contribution is 5.45. The van der Waals surface area contributed by atoms with Crippen molar-refractivity contribution < 1.29 is 9.84 Å². The maximum Gasteiger partial charge on any atom is 0.0945 e. The number of hydrogen-bond donors (Lipinski definition) is 2. The monoisotopic (exact) mass is 293 g/mol. The average Bonchev–Trinajstić information content (AvgIpc) is 2.44. The average molecular weight is 293 g/mol. The predicted molar refractivity (Wildman–Crippen MR) is 89.9 cm³/mol. The van der Waals surface area contributed by atoms with Gasteiger partial charge >= 0.3 is 0 Å². The van der Waals surface area contributed by atoms with E-state index in [1.54, 1.807) is 0 Å². The Bertz CT molecular complexity index is 373. The van der Waals surface area contributed by atoms with Crippen molar-refractivity contribution in [2.24, 2.45) is 5.92 Å². The third kappa shape index (κ3) is 8.08. The number of anilines is 1. The fourth-order valence-electron chi connectivity index (χ4n) is 2.09. The van der Waals surface area contributed by atoms with Crippen LogP contribution >= 0.6 is 0 Å². The van der Waals surface area contributed by atoms with Crippen LogP contribution in [0.25, 0.3) is 0 Å². The summed E-state index contributed by atoms with van der Waals surface area (Å²) in [6.07, 6.45) is 1.78. The fraction of sp³-hybridized carbons (Fsp3) is 0.667. The van der Waals surface area contributed by atoms with Crippen LogP contribution < -0.4 is 5.32 Å². The van der Waals surface area contributed by atoms with Gasteiger partial charge in [-0.1, -0.05) is 39.8 Å². The lowest BCUT2D eigenvalue weighted by atomic mass is 10.0. The lowest BCUT2D eigenvalue weighted by Crippen LogP contribution is -2.25. The molecule has 1 rings (SSSR count). The molecule has 0 bridgehead atoms. The second-order valence-electron chi connectivity index (χ2n) is 6.42. The first-order valence-corrected chi connectivity index (χ1v) is 8.08. The predicted octanol–water partition coefficient (Wildman–Crippen LogP) is 4.04. The van der Waals surface area contributed by atoms with Gasteiger partial charge < -0.3 is 15.2 Å². The van der Waals surface area contributed by atoms with E-state index in [-0.39, 0.29) is 0 Å². The lowest BCUT2D eigenvalue weighted by Gasteiger charge is -2.14. The van der Waals surface area contributed by atoms with Crippen LogP contribution in [0.1, 0.15) is 52.0 Å². The van der Waals surface area contributed by atoms with Gasteiger partial charge in [0.15, 0.2) is 0 Å². The Morgan fingerprint density at radius 1 is 1.10 bits per heavy atom. The number of hydrogen-bond acceptors (Lipinski definition) is 3. The van der Waals surface area contributed by atoms with Crippen molar-refractivity contribution in [1.29, 1.82) is 0 Å². The summed E-state index contributed by atoms with van der Waals surface area (Å²) < 4.78 is 5.49. The zero-order valence-electron chi connectivity index (χ0n) is 13.9. The van der Waals surface area contributed by atoms with E-state index in [0.717, 1.165) is 18.7 Å². The van der Waals surface area contributed by atoms with Crippen molar-refractivity contribution >= 4 is 5.69 Å². The second kappa shape index (κ2) is 9.80. The van der Waals surface area contributed by atoms with Crippen molar-refractivity contribution in [1.82, 2.24) is 0 Å². The minimum Gasteiger partial charge on any atom is -0.389 e. The molecule has 0 radical (unpaired) electrons. The molecule has 1 aromatic carbocycles. The molecule has 0 aromatic heterocycles. The molecule has 0 aliphatic rings. The van der Waals surface area contributed by atoms with Crippen LogP contribution in [0.15, 0.2) is 24.3 Å². The molecule has 0 aliphatic carbocycles. The number of aliphatic hydroxyl groups is 1. The molecule has 0 amide bonds. The van der Waals surface area contributed by atoms with Crippen molar-refractivity contribution in [2.45, 2.75) is 52.6 Å². The van der Waals surface area contributed by atoms with Crippen molar-refractivity contribution in [3.8, 4) is 0 Å². The molecule has 0 fully saturated rings. The number of benzene rings is 1. The molecule has 1 aromatic rings. The highest BCUT2D eigenvalue weighted by atomic mass is 16.5. The molecular formula is C18H31NO2. The molecule has 0 aliphatic heterocycles. The van der Waals surface area contributed by atoms with Gasteiger partial charge in [0, 0.05) is 18.8 Å². The number of nitrogens with one attached hydrogen (secondary N) is 1. The van der Waals surface area contributed by atoms with E-state index in [9.17, 15) is 5.11 Å². The molecule has 0 spiro atoms. The van der Waals surface area contributed by atoms with E-state index in [4.69, 9.17) is 4.74 Å². The second-order valence-corrected chi connectivity index (χ2v) is 6.42. The van der Waals surface area contributed by atoms with E-state index in [0.29, 0.717) is 25.0 Å². The van der Waals surface area contributed by atoms with E-state index in [2.05, 4.69) is 57.3 Å². The summed E-state index contributed by atoms with van der Waals surface area (Å²) in [7, 11) is 0. The minimum absolute atomic E-state index is 0.398. The van der Waals surface area contributed by atoms with Crippen LogP contribution in [0.5, 0.6) is 0 Å². The van der Waals surface area contributed by atoms with E-state index >= 15 is 0 Å². The summed E-state index contributed by atoms with van der Waals surface area (Å²) in [5.74, 6) is 1.26. The normalized spacial score (nSPS) is 12.9. The Labute approximate surface area is 129 Å². The third-order valence-corrected chi connectivity index (χ3v) is 3.50. The molecule has 3 heteroatoms. The topological polar surface area (TPSA) is 41.5 Å². The summed E-state index contributed by atoms with van der Waals surface area (Å²) in [6.45, 7) is 10.4. The van der Waals surface area contributed by atoms with Gasteiger partial charge in [-0.25, -0.2) is 0 Å². The van der Waals surface area contributed by atoms with E-state index in [1.165, 1.54) is 12.0 Å². The minimum atomic E-state index is -0.464. The molecule has 0 heterocycles. The van der Waals surface area contributed by atoms with Gasteiger partial charge in [-0.15, -0.1) is 0 Å². The molecule has 21 heavy (non-hydrogen) atoms.